The van der Waals surface area contributed by atoms with Crippen molar-refractivity contribution in [3.63, 3.8) is 0 Å². The number of amides is 1. The van der Waals surface area contributed by atoms with Gasteiger partial charge >= 0.3 is 0 Å². The van der Waals surface area contributed by atoms with Gasteiger partial charge in [-0.05, 0) is 18.3 Å². The third kappa shape index (κ3) is 4.28. The van der Waals surface area contributed by atoms with Crippen LogP contribution in [0.3, 0.4) is 0 Å². The van der Waals surface area contributed by atoms with E-state index in [4.69, 9.17) is 0 Å². The van der Waals surface area contributed by atoms with Crippen molar-refractivity contribution in [3.8, 4) is 0 Å². The lowest BCUT2D eigenvalue weighted by atomic mass is 9.78. The van der Waals surface area contributed by atoms with E-state index in [0.29, 0.717) is 18.3 Å². The number of carbonyl (C=O) groups is 1. The molecule has 106 valence electrons. The molecule has 1 aromatic rings. The largest absolute Gasteiger partial charge is 0.386 e. The smallest absolute Gasteiger partial charge is 0.220 e. The van der Waals surface area contributed by atoms with Crippen LogP contribution in [-0.2, 0) is 4.79 Å². The lowest BCUT2D eigenvalue weighted by molar-refractivity contribution is -0.123. The number of aromatic nitrogens is 1. The zero-order valence-corrected chi connectivity index (χ0v) is 12.2. The molecule has 0 aromatic carbocycles. The average Bonchev–Trinajstić information content (AvgIpc) is 2.93. The third-order valence-corrected chi connectivity index (χ3v) is 4.89. The molecular formula is C14H22N2O2S. The van der Waals surface area contributed by atoms with E-state index < -0.39 is 6.10 Å². The first kappa shape index (κ1) is 14.5. The molecule has 2 N–H and O–H groups in total. The minimum absolute atomic E-state index is 0.0577. The molecule has 0 bridgehead atoms. The van der Waals surface area contributed by atoms with Crippen LogP contribution in [-0.4, -0.2) is 22.5 Å². The van der Waals surface area contributed by atoms with Crippen LogP contribution in [0.2, 0.25) is 0 Å². The first-order valence-corrected chi connectivity index (χ1v) is 7.88. The predicted octanol–water partition coefficient (Wildman–Crippen LogP) is 2.51. The second kappa shape index (κ2) is 7.01. The molecule has 1 amide bonds. The van der Waals surface area contributed by atoms with Crippen LogP contribution in [0.5, 0.6) is 0 Å². The Bertz CT molecular complexity index is 394. The van der Waals surface area contributed by atoms with Crippen molar-refractivity contribution < 1.29 is 9.90 Å². The minimum atomic E-state index is -0.639. The van der Waals surface area contributed by atoms with E-state index in [1.54, 1.807) is 11.7 Å². The Kier molecular flexibility index (Phi) is 5.34. The van der Waals surface area contributed by atoms with E-state index >= 15 is 0 Å². The van der Waals surface area contributed by atoms with Crippen molar-refractivity contribution >= 4 is 17.2 Å². The fourth-order valence-electron chi connectivity index (χ4n) is 2.71. The van der Waals surface area contributed by atoms with E-state index in [9.17, 15) is 9.90 Å². The number of aliphatic hydroxyl groups excluding tert-OH is 1. The van der Waals surface area contributed by atoms with Gasteiger partial charge in [0, 0.05) is 19.2 Å². The molecule has 3 atom stereocenters. The highest BCUT2D eigenvalue weighted by Crippen LogP contribution is 2.31. The molecule has 2 rings (SSSR count). The molecule has 19 heavy (non-hydrogen) atoms. The Morgan fingerprint density at radius 2 is 2.37 bits per heavy atom. The van der Waals surface area contributed by atoms with Crippen LogP contribution >= 0.6 is 11.3 Å². The summed E-state index contributed by atoms with van der Waals surface area (Å²) in [5, 5.41) is 12.7. The molecule has 1 aliphatic rings. The molecule has 0 spiro atoms. The Morgan fingerprint density at radius 1 is 1.58 bits per heavy atom. The number of nitrogens with zero attached hydrogens (tertiary/aromatic N) is 1. The van der Waals surface area contributed by atoms with E-state index in [-0.39, 0.29) is 12.5 Å². The first-order chi connectivity index (χ1) is 9.16. The monoisotopic (exact) mass is 282 g/mol. The van der Waals surface area contributed by atoms with Crippen molar-refractivity contribution in [2.24, 2.45) is 11.8 Å². The van der Waals surface area contributed by atoms with Crippen molar-refractivity contribution in [2.45, 2.75) is 45.1 Å². The quantitative estimate of drug-likeness (QED) is 0.872. The molecule has 4 nitrogen and oxygen atoms in total. The number of rotatable bonds is 5. The summed E-state index contributed by atoms with van der Waals surface area (Å²) >= 11 is 1.41. The molecule has 0 radical (unpaired) electrons. The topological polar surface area (TPSA) is 62.2 Å². The molecule has 3 unspecified atom stereocenters. The number of thiazole rings is 1. The summed E-state index contributed by atoms with van der Waals surface area (Å²) in [4.78, 5) is 16.6. The van der Waals surface area contributed by atoms with Gasteiger partial charge in [-0.15, -0.1) is 11.3 Å². The molecule has 0 aliphatic heterocycles. The summed E-state index contributed by atoms with van der Waals surface area (Å²) in [5.41, 5.74) is 1.68. The standard InChI is InChI=1S/C14H22N2O2S/c1-10-4-2-3-5-11(10)6-14(18)16-7-12(17)13-8-15-9-19-13/h8-12,17H,2-7H2,1H3,(H,16,18). The molecule has 1 saturated carbocycles. The summed E-state index contributed by atoms with van der Waals surface area (Å²) < 4.78 is 0. The summed E-state index contributed by atoms with van der Waals surface area (Å²) in [7, 11) is 0. The molecule has 5 heteroatoms. The molecule has 0 saturated heterocycles. The van der Waals surface area contributed by atoms with E-state index in [2.05, 4.69) is 17.2 Å². The van der Waals surface area contributed by atoms with E-state index in [1.165, 1.54) is 30.6 Å². The zero-order chi connectivity index (χ0) is 13.7. The number of carbonyl (C=O) groups excluding carboxylic acids is 1. The SMILES string of the molecule is CC1CCCCC1CC(=O)NCC(O)c1cncs1. The average molecular weight is 282 g/mol. The van der Waals surface area contributed by atoms with Crippen LogP contribution in [0.25, 0.3) is 0 Å². The number of aliphatic hydroxyl groups is 1. The lowest BCUT2D eigenvalue weighted by Gasteiger charge is -2.28. The predicted molar refractivity (Wildman–Crippen MR) is 75.8 cm³/mol. The fraction of sp³-hybridized carbons (Fsp3) is 0.714. The van der Waals surface area contributed by atoms with Crippen molar-refractivity contribution in [3.05, 3.63) is 16.6 Å². The van der Waals surface area contributed by atoms with Crippen LogP contribution in [0.1, 0.15) is 50.0 Å². The summed E-state index contributed by atoms with van der Waals surface area (Å²) in [5.74, 6) is 1.21. The summed E-state index contributed by atoms with van der Waals surface area (Å²) in [6.45, 7) is 2.52. The van der Waals surface area contributed by atoms with Crippen LogP contribution in [0, 0.1) is 11.8 Å². The van der Waals surface area contributed by atoms with Gasteiger partial charge in [0.05, 0.1) is 10.4 Å². The zero-order valence-electron chi connectivity index (χ0n) is 11.3. The van der Waals surface area contributed by atoms with Crippen molar-refractivity contribution in [2.75, 3.05) is 6.54 Å². The molecule has 1 aromatic heterocycles. The maximum atomic E-state index is 11.9. The molecule has 1 aliphatic carbocycles. The van der Waals surface area contributed by atoms with Gasteiger partial charge < -0.3 is 10.4 Å². The van der Waals surface area contributed by atoms with Crippen molar-refractivity contribution in [1.82, 2.24) is 10.3 Å². The molecule has 1 fully saturated rings. The maximum absolute atomic E-state index is 11.9. The van der Waals surface area contributed by atoms with Gasteiger partial charge in [0.25, 0.3) is 0 Å². The molecule has 1 heterocycles. The fourth-order valence-corrected chi connectivity index (χ4v) is 3.31. The minimum Gasteiger partial charge on any atom is -0.386 e. The highest BCUT2D eigenvalue weighted by molar-refractivity contribution is 7.09. The van der Waals surface area contributed by atoms with Gasteiger partial charge in [-0.3, -0.25) is 9.78 Å². The number of nitrogens with one attached hydrogen (secondary N) is 1. The van der Waals surface area contributed by atoms with E-state index in [1.807, 2.05) is 0 Å². The lowest BCUT2D eigenvalue weighted by Crippen LogP contribution is -2.31. The van der Waals surface area contributed by atoms with Crippen LogP contribution < -0.4 is 5.32 Å². The second-order valence-electron chi connectivity index (χ2n) is 5.45. The van der Waals surface area contributed by atoms with Gasteiger partial charge in [0.15, 0.2) is 0 Å². The van der Waals surface area contributed by atoms with Gasteiger partial charge in [-0.1, -0.05) is 26.2 Å². The number of hydrogen-bond donors (Lipinski definition) is 2. The van der Waals surface area contributed by atoms with Gasteiger partial charge in [0.2, 0.25) is 5.91 Å². The summed E-state index contributed by atoms with van der Waals surface area (Å²) in [6, 6.07) is 0. The summed E-state index contributed by atoms with van der Waals surface area (Å²) in [6.07, 6.45) is 6.53. The Hall–Kier alpha value is -0.940. The normalized spacial score (nSPS) is 24.9. The van der Waals surface area contributed by atoms with Crippen LogP contribution in [0.15, 0.2) is 11.7 Å². The highest BCUT2D eigenvalue weighted by atomic mass is 32.1. The van der Waals surface area contributed by atoms with Gasteiger partial charge in [-0.2, -0.15) is 0 Å². The first-order valence-electron chi connectivity index (χ1n) is 7.00. The van der Waals surface area contributed by atoms with Crippen LogP contribution in [0.4, 0.5) is 0 Å². The Labute approximate surface area is 118 Å². The molecular weight excluding hydrogens is 260 g/mol. The Morgan fingerprint density at radius 3 is 3.05 bits per heavy atom. The third-order valence-electron chi connectivity index (χ3n) is 4.01. The van der Waals surface area contributed by atoms with Gasteiger partial charge in [0.1, 0.15) is 6.10 Å². The number of hydrogen-bond acceptors (Lipinski definition) is 4. The van der Waals surface area contributed by atoms with Crippen molar-refractivity contribution in [1.29, 1.82) is 0 Å². The highest BCUT2D eigenvalue weighted by Gasteiger charge is 2.23. The maximum Gasteiger partial charge on any atom is 0.220 e. The van der Waals surface area contributed by atoms with E-state index in [0.717, 1.165) is 11.3 Å². The Balaban J connectivity index is 1.72. The second-order valence-corrected chi connectivity index (χ2v) is 6.37. The van der Waals surface area contributed by atoms with Gasteiger partial charge in [-0.25, -0.2) is 0 Å².